The molecule has 3 aromatic carbocycles. The Morgan fingerprint density at radius 3 is 2.38 bits per heavy atom. The molecule has 5 heteroatoms. The molecule has 152 valence electrons. The number of halogens is 2. The summed E-state index contributed by atoms with van der Waals surface area (Å²) in [5, 5.41) is 10.5. The first-order chi connectivity index (χ1) is 14.0. The Balaban J connectivity index is 1.67. The minimum atomic E-state index is -0.762. The first-order valence-electron chi connectivity index (χ1n) is 9.58. The summed E-state index contributed by atoms with van der Waals surface area (Å²) in [6.07, 6.45) is -0.762. The van der Waals surface area contributed by atoms with E-state index in [0.29, 0.717) is 12.1 Å². The van der Waals surface area contributed by atoms with Crippen LogP contribution in [0.2, 0.25) is 0 Å². The Labute approximate surface area is 170 Å². The van der Waals surface area contributed by atoms with Crippen LogP contribution in [0.1, 0.15) is 16.7 Å². The van der Waals surface area contributed by atoms with Gasteiger partial charge in [0, 0.05) is 31.3 Å². The van der Waals surface area contributed by atoms with Crippen LogP contribution in [0.25, 0.3) is 0 Å². The van der Waals surface area contributed by atoms with Gasteiger partial charge in [-0.05, 0) is 30.2 Å². The maximum Gasteiger partial charge on any atom is 0.130 e. The lowest BCUT2D eigenvalue weighted by molar-refractivity contribution is 0.0622. The highest BCUT2D eigenvalue weighted by Crippen LogP contribution is 2.18. The van der Waals surface area contributed by atoms with E-state index in [0.717, 1.165) is 22.9 Å². The van der Waals surface area contributed by atoms with Crippen LogP contribution >= 0.6 is 0 Å². The summed E-state index contributed by atoms with van der Waals surface area (Å²) in [5.74, 6) is -0.466. The van der Waals surface area contributed by atoms with Crippen LogP contribution in [0.4, 0.5) is 8.78 Å². The van der Waals surface area contributed by atoms with Crippen molar-refractivity contribution in [1.29, 1.82) is 0 Å². The third kappa shape index (κ3) is 6.38. The molecule has 3 rings (SSSR count). The topological polar surface area (TPSA) is 32.7 Å². The lowest BCUT2D eigenvalue weighted by atomic mass is 10.1. The number of aliphatic hydroxyl groups excluding tert-OH is 1. The highest BCUT2D eigenvalue weighted by atomic mass is 19.1. The monoisotopic (exact) mass is 397 g/mol. The second-order valence-electron chi connectivity index (χ2n) is 7.12. The fraction of sp³-hybridized carbons (Fsp3) is 0.250. The van der Waals surface area contributed by atoms with E-state index >= 15 is 0 Å². The molecule has 0 amide bonds. The van der Waals surface area contributed by atoms with Crippen LogP contribution in [-0.4, -0.2) is 29.3 Å². The number of aryl methyl sites for hydroxylation is 1. The third-order valence-corrected chi connectivity index (χ3v) is 4.65. The second-order valence-corrected chi connectivity index (χ2v) is 7.12. The summed E-state index contributed by atoms with van der Waals surface area (Å²) in [6, 6.07) is 20.9. The van der Waals surface area contributed by atoms with E-state index in [4.69, 9.17) is 4.74 Å². The normalized spacial score (nSPS) is 12.2. The van der Waals surface area contributed by atoms with E-state index in [-0.39, 0.29) is 19.7 Å². The van der Waals surface area contributed by atoms with E-state index in [1.807, 2.05) is 66.4 Å². The Kier molecular flexibility index (Phi) is 7.33. The maximum absolute atomic E-state index is 14.1. The van der Waals surface area contributed by atoms with Crippen molar-refractivity contribution in [3.63, 3.8) is 0 Å². The molecule has 3 aromatic rings. The van der Waals surface area contributed by atoms with Crippen molar-refractivity contribution in [3.05, 3.63) is 101 Å². The van der Waals surface area contributed by atoms with Gasteiger partial charge in [-0.1, -0.05) is 54.6 Å². The molecule has 0 heterocycles. The average molecular weight is 397 g/mol. The Morgan fingerprint density at radius 1 is 0.931 bits per heavy atom. The molecular formula is C24H25F2NO2. The Hall–Kier alpha value is -2.76. The smallest absolute Gasteiger partial charge is 0.130 e. The molecule has 29 heavy (non-hydrogen) atoms. The Bertz CT molecular complexity index is 918. The van der Waals surface area contributed by atoms with Gasteiger partial charge in [0.2, 0.25) is 0 Å². The molecule has 0 fully saturated rings. The molecule has 0 radical (unpaired) electrons. The van der Waals surface area contributed by atoms with Crippen molar-refractivity contribution >= 4 is 0 Å². The van der Waals surface area contributed by atoms with Gasteiger partial charge in [0.15, 0.2) is 0 Å². The molecule has 0 bridgehead atoms. The molecule has 0 unspecified atom stereocenters. The van der Waals surface area contributed by atoms with Gasteiger partial charge in [0.05, 0.1) is 0 Å². The molecule has 3 nitrogen and oxygen atoms in total. The summed E-state index contributed by atoms with van der Waals surface area (Å²) in [6.45, 7) is 3.14. The van der Waals surface area contributed by atoms with Gasteiger partial charge in [0.25, 0.3) is 0 Å². The van der Waals surface area contributed by atoms with E-state index in [1.165, 1.54) is 12.1 Å². The number of rotatable bonds is 9. The summed E-state index contributed by atoms with van der Waals surface area (Å²) in [7, 11) is 0. The van der Waals surface area contributed by atoms with Crippen molar-refractivity contribution in [2.75, 3.05) is 13.2 Å². The van der Waals surface area contributed by atoms with Crippen molar-refractivity contribution in [1.82, 2.24) is 4.90 Å². The van der Waals surface area contributed by atoms with E-state index in [9.17, 15) is 13.9 Å². The largest absolute Gasteiger partial charge is 0.491 e. The second kappa shape index (κ2) is 10.1. The summed E-state index contributed by atoms with van der Waals surface area (Å²) >= 11 is 0. The van der Waals surface area contributed by atoms with Crippen LogP contribution in [0.15, 0.2) is 72.8 Å². The van der Waals surface area contributed by atoms with Gasteiger partial charge in [-0.15, -0.1) is 0 Å². The van der Waals surface area contributed by atoms with Crippen LogP contribution in [0.5, 0.6) is 5.75 Å². The fourth-order valence-corrected chi connectivity index (χ4v) is 3.17. The number of hydrogen-bond acceptors (Lipinski definition) is 3. The molecule has 0 saturated heterocycles. The zero-order valence-electron chi connectivity index (χ0n) is 16.4. The molecule has 1 N–H and O–H groups in total. The molecule has 0 saturated carbocycles. The first-order valence-corrected chi connectivity index (χ1v) is 9.58. The molecule has 0 aliphatic heterocycles. The summed E-state index contributed by atoms with van der Waals surface area (Å²) in [5.41, 5.74) is 2.42. The number of para-hydroxylation sites is 1. The average Bonchev–Trinajstić information content (AvgIpc) is 2.70. The van der Waals surface area contributed by atoms with Gasteiger partial charge >= 0.3 is 0 Å². The predicted octanol–water partition coefficient (Wildman–Crippen LogP) is 4.72. The number of benzene rings is 3. The van der Waals surface area contributed by atoms with Gasteiger partial charge in [-0.25, -0.2) is 8.78 Å². The van der Waals surface area contributed by atoms with Crippen LogP contribution in [-0.2, 0) is 13.1 Å². The van der Waals surface area contributed by atoms with Gasteiger partial charge in [-0.2, -0.15) is 0 Å². The van der Waals surface area contributed by atoms with E-state index < -0.39 is 17.7 Å². The molecule has 0 aliphatic rings. The minimum absolute atomic E-state index is 0.127. The molecule has 0 spiro atoms. The van der Waals surface area contributed by atoms with Crippen molar-refractivity contribution in [3.8, 4) is 5.75 Å². The number of hydrogen-bond donors (Lipinski definition) is 1. The molecule has 0 aromatic heterocycles. The fourth-order valence-electron chi connectivity index (χ4n) is 3.17. The van der Waals surface area contributed by atoms with Gasteiger partial charge < -0.3 is 9.84 Å². The number of nitrogens with zero attached hydrogens (tertiary/aromatic N) is 1. The SMILES string of the molecule is Cc1ccccc1OC[C@H](O)CN(Cc1ccccc1)Cc1ccc(F)cc1F. The quantitative estimate of drug-likeness (QED) is 0.567. The lowest BCUT2D eigenvalue weighted by Gasteiger charge is -2.26. The zero-order valence-corrected chi connectivity index (χ0v) is 16.4. The first kappa shape index (κ1) is 21.0. The lowest BCUT2D eigenvalue weighted by Crippen LogP contribution is -2.35. The summed E-state index contributed by atoms with van der Waals surface area (Å²) < 4.78 is 33.1. The molecule has 1 atom stereocenters. The predicted molar refractivity (Wildman–Crippen MR) is 110 cm³/mol. The van der Waals surface area contributed by atoms with Gasteiger partial charge in [0.1, 0.15) is 30.1 Å². The van der Waals surface area contributed by atoms with Crippen molar-refractivity contribution < 1.29 is 18.6 Å². The van der Waals surface area contributed by atoms with Crippen LogP contribution in [0, 0.1) is 18.6 Å². The van der Waals surface area contributed by atoms with Crippen LogP contribution in [0.3, 0.4) is 0 Å². The van der Waals surface area contributed by atoms with Crippen molar-refractivity contribution in [2.45, 2.75) is 26.1 Å². The summed E-state index contributed by atoms with van der Waals surface area (Å²) in [4.78, 5) is 1.93. The maximum atomic E-state index is 14.1. The highest BCUT2D eigenvalue weighted by molar-refractivity contribution is 5.31. The zero-order chi connectivity index (χ0) is 20.6. The van der Waals surface area contributed by atoms with Crippen molar-refractivity contribution in [2.24, 2.45) is 0 Å². The number of ether oxygens (including phenoxy) is 1. The van der Waals surface area contributed by atoms with Crippen LogP contribution < -0.4 is 4.74 Å². The van der Waals surface area contributed by atoms with E-state index in [1.54, 1.807) is 0 Å². The standard InChI is InChI=1S/C24H25F2NO2/c1-18-7-5-6-10-24(18)29-17-22(28)16-27(14-19-8-3-2-4-9-19)15-20-11-12-21(25)13-23(20)26/h2-13,22,28H,14-17H2,1H3/t22-/m1/s1. The van der Waals surface area contributed by atoms with Gasteiger partial charge in [-0.3, -0.25) is 4.90 Å². The number of aliphatic hydroxyl groups is 1. The van der Waals surface area contributed by atoms with E-state index in [2.05, 4.69) is 0 Å². The minimum Gasteiger partial charge on any atom is -0.491 e. The Morgan fingerprint density at radius 2 is 1.66 bits per heavy atom. The third-order valence-electron chi connectivity index (χ3n) is 4.65. The molecule has 0 aliphatic carbocycles. The molecular weight excluding hydrogens is 372 g/mol. The highest BCUT2D eigenvalue weighted by Gasteiger charge is 2.16.